The van der Waals surface area contributed by atoms with Crippen LogP contribution in [0.1, 0.15) is 49.1 Å². The zero-order valence-corrected chi connectivity index (χ0v) is 22.7. The minimum atomic E-state index is -0.799. The van der Waals surface area contributed by atoms with Gasteiger partial charge < -0.3 is 0 Å². The number of ether oxygens (including phenoxy) is 1. The van der Waals surface area contributed by atoms with Crippen LogP contribution >= 0.6 is 0 Å². The van der Waals surface area contributed by atoms with Gasteiger partial charge in [-0.15, -0.1) is 0 Å². The molecule has 4 rings (SSSR count). The average molecular weight is 575 g/mol. The van der Waals surface area contributed by atoms with Gasteiger partial charge in [0.25, 0.3) is 0 Å². The standard InChI is InChI=1S/C28H24N4O5Se/c1-4-36-26-21(12-13-33)32(18(3)35)25-20(15-29)28(38-16-19-9-6-5-7-10-19)31-27(30-17(2)34)24(25)23(26)22-11-8-14-37-22/h5-12,14,23H,4,16H2,1-3H3,(H,30,31,34). The summed E-state index contributed by atoms with van der Waals surface area (Å²) in [5, 5.41) is 13.8. The molecule has 1 aliphatic rings. The molecule has 0 aliphatic carbocycles. The van der Waals surface area contributed by atoms with E-state index in [1.807, 2.05) is 30.3 Å². The van der Waals surface area contributed by atoms with Crippen LogP contribution in [-0.2, 0) is 24.4 Å². The number of aromatic nitrogens is 1. The second-order valence-electron chi connectivity index (χ2n) is 8.22. The monoisotopic (exact) mass is 576 g/mol. The van der Waals surface area contributed by atoms with Crippen molar-refractivity contribution in [1.29, 1.82) is 5.26 Å². The van der Waals surface area contributed by atoms with Gasteiger partial charge in [0.2, 0.25) is 0 Å². The van der Waals surface area contributed by atoms with Gasteiger partial charge in [0.1, 0.15) is 0 Å². The van der Waals surface area contributed by atoms with Gasteiger partial charge in [0.05, 0.1) is 0 Å². The van der Waals surface area contributed by atoms with E-state index in [2.05, 4.69) is 11.4 Å². The van der Waals surface area contributed by atoms with E-state index in [1.54, 1.807) is 25.0 Å². The number of nitriles is 1. The molecule has 3 aromatic rings. The first-order valence-corrected chi connectivity index (χ1v) is 13.8. The number of allylic oxidation sites excluding steroid dienone is 2. The molecule has 3 heterocycles. The van der Waals surface area contributed by atoms with Crippen LogP contribution in [0.2, 0.25) is 0 Å². The summed E-state index contributed by atoms with van der Waals surface area (Å²) in [4.78, 5) is 43.1. The molecular formula is C28H24N4O5Se. The first-order valence-electron chi connectivity index (χ1n) is 11.7. The fourth-order valence-corrected chi connectivity index (χ4v) is 6.30. The Morgan fingerprint density at radius 2 is 2.00 bits per heavy atom. The summed E-state index contributed by atoms with van der Waals surface area (Å²) >= 11 is -0.331. The van der Waals surface area contributed by atoms with E-state index in [0.29, 0.717) is 21.2 Å². The van der Waals surface area contributed by atoms with Crippen molar-refractivity contribution in [3.63, 3.8) is 0 Å². The first kappa shape index (κ1) is 26.6. The average Bonchev–Trinajstić information content (AvgIpc) is 3.43. The van der Waals surface area contributed by atoms with Gasteiger partial charge in [-0.3, -0.25) is 0 Å². The number of hydrogen-bond donors (Lipinski definition) is 1. The molecule has 0 spiro atoms. The number of furan rings is 1. The molecule has 1 unspecified atom stereocenters. The molecule has 10 heteroatoms. The minimum absolute atomic E-state index is 0.140. The molecule has 38 heavy (non-hydrogen) atoms. The predicted molar refractivity (Wildman–Crippen MR) is 141 cm³/mol. The van der Waals surface area contributed by atoms with Crippen molar-refractivity contribution in [1.82, 2.24) is 4.98 Å². The third-order valence-electron chi connectivity index (χ3n) is 5.70. The van der Waals surface area contributed by atoms with Crippen LogP contribution in [0.15, 0.2) is 70.7 Å². The van der Waals surface area contributed by atoms with E-state index in [1.165, 1.54) is 25.0 Å². The number of nitrogens with one attached hydrogen (secondary N) is 1. The molecule has 0 saturated heterocycles. The van der Waals surface area contributed by atoms with Gasteiger partial charge in [-0.05, 0) is 0 Å². The SMILES string of the molecule is CCOC1=C(C=C=O)N(C(C)=O)c2c(C#N)c([Se]Cc3ccccc3)nc(NC(C)=O)c2C1c1ccco1. The maximum absolute atomic E-state index is 13.1. The molecule has 0 bridgehead atoms. The molecule has 1 aromatic carbocycles. The second-order valence-corrected chi connectivity index (χ2v) is 10.2. The van der Waals surface area contributed by atoms with Crippen LogP contribution in [-0.4, -0.2) is 44.3 Å². The summed E-state index contributed by atoms with van der Waals surface area (Å²) in [6, 6.07) is 15.4. The molecule has 2 amide bonds. The Morgan fingerprint density at radius 3 is 2.58 bits per heavy atom. The summed E-state index contributed by atoms with van der Waals surface area (Å²) < 4.78 is 12.2. The molecule has 0 radical (unpaired) electrons. The summed E-state index contributed by atoms with van der Waals surface area (Å²) in [5.74, 6) is 0.978. The number of anilines is 2. The quantitative estimate of drug-likeness (QED) is 0.323. The van der Waals surface area contributed by atoms with E-state index in [9.17, 15) is 19.6 Å². The second kappa shape index (κ2) is 11.8. The molecule has 0 fully saturated rings. The molecule has 2 aromatic heterocycles. The van der Waals surface area contributed by atoms with Crippen molar-refractivity contribution in [3.05, 3.63) is 88.7 Å². The molecule has 9 nitrogen and oxygen atoms in total. The van der Waals surface area contributed by atoms with Crippen LogP contribution < -0.4 is 14.8 Å². The zero-order valence-electron chi connectivity index (χ0n) is 21.0. The number of pyridine rings is 1. The Labute approximate surface area is 225 Å². The van der Waals surface area contributed by atoms with Crippen molar-refractivity contribution in [2.24, 2.45) is 0 Å². The fourth-order valence-electron chi connectivity index (χ4n) is 4.33. The van der Waals surface area contributed by atoms with Gasteiger partial charge in [-0.25, -0.2) is 0 Å². The number of carbonyl (C=O) groups excluding carboxylic acids is 3. The van der Waals surface area contributed by atoms with Crippen molar-refractivity contribution in [3.8, 4) is 6.07 Å². The van der Waals surface area contributed by atoms with Crippen molar-refractivity contribution in [2.75, 3.05) is 16.8 Å². The van der Waals surface area contributed by atoms with Gasteiger partial charge in [0, 0.05) is 0 Å². The van der Waals surface area contributed by atoms with Crippen LogP contribution in [0.25, 0.3) is 0 Å². The van der Waals surface area contributed by atoms with Crippen LogP contribution in [0.5, 0.6) is 0 Å². The molecule has 0 saturated carbocycles. The number of benzene rings is 1. The molecule has 1 N–H and O–H groups in total. The van der Waals surface area contributed by atoms with E-state index >= 15 is 0 Å². The topological polar surface area (TPSA) is 126 Å². The Kier molecular flexibility index (Phi) is 8.25. The first-order chi connectivity index (χ1) is 18.4. The number of fused-ring (bicyclic) bond motifs is 1. The van der Waals surface area contributed by atoms with Gasteiger partial charge in [-0.1, -0.05) is 0 Å². The van der Waals surface area contributed by atoms with Crippen LogP contribution in [0.4, 0.5) is 11.5 Å². The number of nitrogens with zero attached hydrogens (tertiary/aromatic N) is 3. The van der Waals surface area contributed by atoms with Crippen molar-refractivity contribution >= 4 is 48.8 Å². The Morgan fingerprint density at radius 1 is 1.24 bits per heavy atom. The summed E-state index contributed by atoms with van der Waals surface area (Å²) in [6.07, 6.45) is 2.60. The van der Waals surface area contributed by atoms with E-state index in [4.69, 9.17) is 14.1 Å². The zero-order chi connectivity index (χ0) is 27.2. The molecule has 192 valence electrons. The Bertz CT molecular complexity index is 1490. The summed E-state index contributed by atoms with van der Waals surface area (Å²) in [7, 11) is 0. The van der Waals surface area contributed by atoms with E-state index < -0.39 is 11.8 Å². The summed E-state index contributed by atoms with van der Waals surface area (Å²) in [6.45, 7) is 4.67. The van der Waals surface area contributed by atoms with Crippen molar-refractivity contribution in [2.45, 2.75) is 32.0 Å². The predicted octanol–water partition coefficient (Wildman–Crippen LogP) is 3.17. The number of rotatable bonds is 8. The third kappa shape index (κ3) is 5.17. The summed E-state index contributed by atoms with van der Waals surface area (Å²) in [5.41, 5.74) is 1.99. The number of hydrogen-bond acceptors (Lipinski definition) is 7. The Balaban J connectivity index is 2.07. The van der Waals surface area contributed by atoms with Gasteiger partial charge in [-0.2, -0.15) is 0 Å². The number of amides is 2. The maximum atomic E-state index is 13.1. The Hall–Kier alpha value is -4.41. The van der Waals surface area contributed by atoms with Crippen LogP contribution in [0, 0.1) is 11.3 Å². The van der Waals surface area contributed by atoms with Gasteiger partial charge in [0.15, 0.2) is 0 Å². The van der Waals surface area contributed by atoms with E-state index in [0.717, 1.165) is 11.6 Å². The van der Waals surface area contributed by atoms with E-state index in [-0.39, 0.29) is 56.0 Å². The van der Waals surface area contributed by atoms with Gasteiger partial charge >= 0.3 is 226 Å². The normalized spacial score (nSPS) is 14.3. The van der Waals surface area contributed by atoms with Crippen molar-refractivity contribution < 1.29 is 23.5 Å². The fraction of sp³-hybridized carbons (Fsp3) is 0.214. The third-order valence-corrected chi connectivity index (χ3v) is 7.90. The van der Waals surface area contributed by atoms with Crippen LogP contribution in [0.3, 0.4) is 0 Å². The number of carbonyl (C=O) groups is 2. The molecule has 1 atom stereocenters. The molecule has 1 aliphatic heterocycles. The molecular weight excluding hydrogens is 551 g/mol.